The topological polar surface area (TPSA) is 99.9 Å². The molecular formula is C23H20F3N5O4. The third-order valence-electron chi connectivity index (χ3n) is 5.14. The largest absolute Gasteiger partial charge is 0.493 e. The number of methoxy groups -OCH3 is 3. The number of aromatic nitrogens is 4. The lowest BCUT2D eigenvalue weighted by atomic mass is 10.1. The second-order valence-corrected chi connectivity index (χ2v) is 7.28. The third-order valence-corrected chi connectivity index (χ3v) is 5.14. The number of hydrogen-bond acceptors (Lipinski definition) is 7. The molecule has 9 nitrogen and oxygen atoms in total. The predicted molar refractivity (Wildman–Crippen MR) is 118 cm³/mol. The maximum absolute atomic E-state index is 13.9. The highest BCUT2D eigenvalue weighted by molar-refractivity contribution is 5.99. The molecule has 1 amide bonds. The molecule has 35 heavy (non-hydrogen) atoms. The van der Waals surface area contributed by atoms with E-state index in [4.69, 9.17) is 14.2 Å². The van der Waals surface area contributed by atoms with E-state index in [9.17, 15) is 18.0 Å². The average Bonchev–Trinajstić information content (AvgIpc) is 3.29. The SMILES string of the molecule is COc1cc(-c2cc(C(F)(F)F)n3ncc(C(=O)NCc4cccnc4)c3n2)cc(OC)c1OC. The number of carbonyl (C=O) groups excluding carboxylic acids is 1. The van der Waals surface area contributed by atoms with Crippen molar-refractivity contribution in [1.29, 1.82) is 0 Å². The molecular weight excluding hydrogens is 467 g/mol. The average molecular weight is 487 g/mol. The Labute approximate surface area is 197 Å². The molecule has 0 saturated carbocycles. The van der Waals surface area contributed by atoms with E-state index in [0.29, 0.717) is 4.52 Å². The molecule has 0 aliphatic heterocycles. The van der Waals surface area contributed by atoms with Gasteiger partial charge in [0.05, 0.1) is 33.2 Å². The van der Waals surface area contributed by atoms with Crippen LogP contribution in [-0.2, 0) is 12.7 Å². The van der Waals surface area contributed by atoms with Crippen LogP contribution in [0.5, 0.6) is 17.2 Å². The zero-order valence-electron chi connectivity index (χ0n) is 18.9. The van der Waals surface area contributed by atoms with Crippen LogP contribution >= 0.6 is 0 Å². The van der Waals surface area contributed by atoms with Gasteiger partial charge in [-0.25, -0.2) is 9.50 Å². The molecule has 0 unspecified atom stereocenters. The Morgan fingerprint density at radius 3 is 2.34 bits per heavy atom. The Hall–Kier alpha value is -4.35. The van der Waals surface area contributed by atoms with Crippen molar-refractivity contribution in [2.75, 3.05) is 21.3 Å². The Morgan fingerprint density at radius 2 is 1.77 bits per heavy atom. The number of benzene rings is 1. The van der Waals surface area contributed by atoms with Crippen LogP contribution in [0.25, 0.3) is 16.9 Å². The summed E-state index contributed by atoms with van der Waals surface area (Å²) in [5, 5.41) is 6.43. The number of carbonyl (C=O) groups is 1. The van der Waals surface area contributed by atoms with Crippen LogP contribution in [0.4, 0.5) is 13.2 Å². The molecule has 0 bridgehead atoms. The molecule has 1 N–H and O–H groups in total. The number of rotatable bonds is 7. The maximum Gasteiger partial charge on any atom is 0.433 e. The summed E-state index contributed by atoms with van der Waals surface area (Å²) in [7, 11) is 4.19. The third kappa shape index (κ3) is 4.67. The highest BCUT2D eigenvalue weighted by Gasteiger charge is 2.36. The van der Waals surface area contributed by atoms with Gasteiger partial charge in [-0.1, -0.05) is 6.07 Å². The minimum atomic E-state index is -4.77. The molecule has 0 radical (unpaired) electrons. The van der Waals surface area contributed by atoms with Gasteiger partial charge in [-0.2, -0.15) is 18.3 Å². The predicted octanol–water partition coefficient (Wildman–Crippen LogP) is 3.77. The van der Waals surface area contributed by atoms with E-state index >= 15 is 0 Å². The highest BCUT2D eigenvalue weighted by Crippen LogP contribution is 2.42. The molecule has 0 fully saturated rings. The Kier molecular flexibility index (Phi) is 6.45. The number of nitrogens with zero attached hydrogens (tertiary/aromatic N) is 4. The second kappa shape index (κ2) is 9.49. The van der Waals surface area contributed by atoms with Gasteiger partial charge in [0.2, 0.25) is 5.75 Å². The highest BCUT2D eigenvalue weighted by atomic mass is 19.4. The van der Waals surface area contributed by atoms with Gasteiger partial charge in [-0.3, -0.25) is 9.78 Å². The van der Waals surface area contributed by atoms with E-state index < -0.39 is 17.8 Å². The Morgan fingerprint density at radius 1 is 1.06 bits per heavy atom. The lowest BCUT2D eigenvalue weighted by molar-refractivity contribution is -0.142. The molecule has 0 aliphatic carbocycles. The lowest BCUT2D eigenvalue weighted by Crippen LogP contribution is -2.23. The first-order valence-corrected chi connectivity index (χ1v) is 10.2. The van der Waals surface area contributed by atoms with E-state index in [1.54, 1.807) is 24.5 Å². The van der Waals surface area contributed by atoms with Gasteiger partial charge in [0.25, 0.3) is 5.91 Å². The molecule has 4 rings (SSSR count). The standard InChI is InChI=1S/C23H20F3N5O4/c1-33-17-7-14(8-18(34-2)20(17)35-3)16-9-19(23(24,25)26)31-21(30-16)15(12-29-31)22(32)28-11-13-5-4-6-27-10-13/h4-10,12H,11H2,1-3H3,(H,28,32). The quantitative estimate of drug-likeness (QED) is 0.424. The number of alkyl halides is 3. The summed E-state index contributed by atoms with van der Waals surface area (Å²) in [6.45, 7) is 0.128. The van der Waals surface area contributed by atoms with E-state index in [1.165, 1.54) is 33.5 Å². The Balaban J connectivity index is 1.83. The van der Waals surface area contributed by atoms with Crippen molar-refractivity contribution >= 4 is 11.6 Å². The lowest BCUT2D eigenvalue weighted by Gasteiger charge is -2.15. The first-order chi connectivity index (χ1) is 16.8. The number of halogens is 3. The van der Waals surface area contributed by atoms with Crippen molar-refractivity contribution in [2.24, 2.45) is 0 Å². The molecule has 12 heteroatoms. The van der Waals surface area contributed by atoms with Gasteiger partial charge in [-0.05, 0) is 29.8 Å². The van der Waals surface area contributed by atoms with Crippen molar-refractivity contribution < 1.29 is 32.2 Å². The van der Waals surface area contributed by atoms with E-state index in [2.05, 4.69) is 20.4 Å². The van der Waals surface area contributed by atoms with E-state index in [0.717, 1.165) is 17.8 Å². The number of pyridine rings is 1. The van der Waals surface area contributed by atoms with Crippen LogP contribution in [0.2, 0.25) is 0 Å². The summed E-state index contributed by atoms with van der Waals surface area (Å²) in [4.78, 5) is 21.1. The molecule has 182 valence electrons. The number of nitrogens with one attached hydrogen (secondary N) is 1. The molecule has 0 atom stereocenters. The Bertz CT molecular complexity index is 1350. The molecule has 1 aromatic carbocycles. The summed E-state index contributed by atoms with van der Waals surface area (Å²) >= 11 is 0. The fourth-order valence-corrected chi connectivity index (χ4v) is 3.48. The monoisotopic (exact) mass is 487 g/mol. The van der Waals surface area contributed by atoms with Crippen LogP contribution in [0, 0.1) is 0 Å². The van der Waals surface area contributed by atoms with Gasteiger partial charge in [0.15, 0.2) is 22.8 Å². The fourth-order valence-electron chi connectivity index (χ4n) is 3.48. The zero-order valence-corrected chi connectivity index (χ0v) is 18.9. The number of fused-ring (bicyclic) bond motifs is 1. The van der Waals surface area contributed by atoms with Gasteiger partial charge in [-0.15, -0.1) is 0 Å². The summed E-state index contributed by atoms with van der Waals surface area (Å²) in [5.41, 5.74) is -0.556. The van der Waals surface area contributed by atoms with Crippen molar-refractivity contribution in [2.45, 2.75) is 12.7 Å². The number of hydrogen-bond donors (Lipinski definition) is 1. The van der Waals surface area contributed by atoms with Crippen molar-refractivity contribution in [3.05, 3.63) is 65.7 Å². The normalized spacial score (nSPS) is 11.4. The molecule has 3 aromatic heterocycles. The molecule has 4 aromatic rings. The summed E-state index contributed by atoms with van der Waals surface area (Å²) < 4.78 is 58.3. The second-order valence-electron chi connectivity index (χ2n) is 7.28. The van der Waals surface area contributed by atoms with Crippen molar-refractivity contribution in [3.8, 4) is 28.5 Å². The molecule has 0 aliphatic rings. The van der Waals surface area contributed by atoms with Gasteiger partial charge < -0.3 is 19.5 Å². The van der Waals surface area contributed by atoms with Gasteiger partial charge in [0.1, 0.15) is 5.56 Å². The zero-order chi connectivity index (χ0) is 25.2. The van der Waals surface area contributed by atoms with Crippen molar-refractivity contribution in [3.63, 3.8) is 0 Å². The van der Waals surface area contributed by atoms with Crippen LogP contribution in [0.3, 0.4) is 0 Å². The van der Waals surface area contributed by atoms with Crippen molar-refractivity contribution in [1.82, 2.24) is 24.9 Å². The summed E-state index contributed by atoms with van der Waals surface area (Å²) in [6.07, 6.45) is -0.566. The fraction of sp³-hybridized carbons (Fsp3) is 0.217. The molecule has 0 saturated heterocycles. The van der Waals surface area contributed by atoms with Crippen LogP contribution in [-0.4, -0.2) is 46.8 Å². The first kappa shape index (κ1) is 23.8. The van der Waals surface area contributed by atoms with Crippen LogP contribution in [0.1, 0.15) is 21.6 Å². The van der Waals surface area contributed by atoms with Crippen LogP contribution < -0.4 is 19.5 Å². The minimum absolute atomic E-state index is 0.0640. The summed E-state index contributed by atoms with van der Waals surface area (Å²) in [6, 6.07) is 7.25. The van der Waals surface area contributed by atoms with Gasteiger partial charge >= 0.3 is 6.18 Å². The smallest absolute Gasteiger partial charge is 0.433 e. The molecule has 3 heterocycles. The van der Waals surface area contributed by atoms with E-state index in [1.807, 2.05) is 0 Å². The van der Waals surface area contributed by atoms with Gasteiger partial charge in [0, 0.05) is 24.5 Å². The molecule has 0 spiro atoms. The van der Waals surface area contributed by atoms with E-state index in [-0.39, 0.29) is 46.3 Å². The summed E-state index contributed by atoms with van der Waals surface area (Å²) in [5.74, 6) is 0.113. The first-order valence-electron chi connectivity index (χ1n) is 10.2. The maximum atomic E-state index is 13.9. The number of ether oxygens (including phenoxy) is 3. The number of amides is 1. The van der Waals surface area contributed by atoms with Crippen LogP contribution in [0.15, 0.2) is 48.9 Å². The minimum Gasteiger partial charge on any atom is -0.493 e.